The van der Waals surface area contributed by atoms with Crippen LogP contribution in [0, 0.1) is 11.3 Å². The first-order valence-corrected chi connectivity index (χ1v) is 7.16. The Kier molecular flexibility index (Phi) is 3.61. The highest BCUT2D eigenvalue weighted by Gasteiger charge is 2.25. The maximum absolute atomic E-state index is 12.2. The molecule has 18 heavy (non-hydrogen) atoms. The Hall–Kier alpha value is -1.10. The molecule has 0 N–H and O–H groups in total. The van der Waals surface area contributed by atoms with Crippen LogP contribution in [-0.2, 0) is 6.54 Å². The zero-order valence-corrected chi connectivity index (χ0v) is 12.5. The first kappa shape index (κ1) is 13.3. The van der Waals surface area contributed by atoms with E-state index in [0.717, 1.165) is 5.33 Å². The fourth-order valence-electron chi connectivity index (χ4n) is 1.85. The van der Waals surface area contributed by atoms with Crippen molar-refractivity contribution in [2.75, 3.05) is 5.33 Å². The monoisotopic (exact) mass is 311 g/mol. The van der Waals surface area contributed by atoms with Crippen LogP contribution < -0.4 is 5.69 Å². The van der Waals surface area contributed by atoms with Gasteiger partial charge in [-0.1, -0.05) is 42.8 Å². The first-order chi connectivity index (χ1) is 8.43. The van der Waals surface area contributed by atoms with Gasteiger partial charge in [0.15, 0.2) is 5.65 Å². The molecular formula is C13H18BrN3O. The molecule has 2 heterocycles. The van der Waals surface area contributed by atoms with Gasteiger partial charge in [-0.2, -0.15) is 0 Å². The second kappa shape index (κ2) is 4.88. The summed E-state index contributed by atoms with van der Waals surface area (Å²) in [7, 11) is 0. The van der Waals surface area contributed by atoms with Gasteiger partial charge in [0.2, 0.25) is 0 Å². The van der Waals surface area contributed by atoms with E-state index in [2.05, 4.69) is 41.8 Å². The number of halogens is 1. The molecule has 0 amide bonds. The third-order valence-electron chi connectivity index (χ3n) is 3.29. The summed E-state index contributed by atoms with van der Waals surface area (Å²) in [5, 5.41) is 5.22. The van der Waals surface area contributed by atoms with Crippen LogP contribution >= 0.6 is 15.9 Å². The molecule has 0 radical (unpaired) electrons. The minimum atomic E-state index is -0.0687. The number of aromatic nitrogens is 3. The molecule has 98 valence electrons. The minimum Gasteiger partial charge on any atom is -0.250 e. The number of nitrogens with zero attached hydrogens (tertiary/aromatic N) is 3. The molecule has 0 saturated heterocycles. The van der Waals surface area contributed by atoms with Crippen LogP contribution in [0.4, 0.5) is 0 Å². The van der Waals surface area contributed by atoms with Crippen LogP contribution in [0.1, 0.15) is 20.8 Å². The van der Waals surface area contributed by atoms with Crippen molar-refractivity contribution >= 4 is 21.6 Å². The summed E-state index contributed by atoms with van der Waals surface area (Å²) in [6, 6.07) is 5.57. The van der Waals surface area contributed by atoms with E-state index in [1.54, 1.807) is 15.3 Å². The fraction of sp³-hybridized carbons (Fsp3) is 0.538. The number of alkyl halides is 1. The van der Waals surface area contributed by atoms with Gasteiger partial charge < -0.3 is 0 Å². The van der Waals surface area contributed by atoms with Crippen LogP contribution in [0.3, 0.4) is 0 Å². The normalized spacial score (nSPS) is 14.0. The molecule has 1 atom stereocenters. The highest BCUT2D eigenvalue weighted by Crippen LogP contribution is 2.28. The average Bonchev–Trinajstić information content (AvgIpc) is 2.62. The van der Waals surface area contributed by atoms with Crippen molar-refractivity contribution in [3.8, 4) is 0 Å². The highest BCUT2D eigenvalue weighted by atomic mass is 79.9. The number of rotatable bonds is 3. The van der Waals surface area contributed by atoms with Crippen molar-refractivity contribution in [1.29, 1.82) is 0 Å². The van der Waals surface area contributed by atoms with Crippen LogP contribution in [0.5, 0.6) is 0 Å². The van der Waals surface area contributed by atoms with Gasteiger partial charge in [-0.3, -0.25) is 4.40 Å². The van der Waals surface area contributed by atoms with E-state index in [1.807, 2.05) is 18.2 Å². The third-order valence-corrected chi connectivity index (χ3v) is 4.07. The minimum absolute atomic E-state index is 0.0687. The van der Waals surface area contributed by atoms with Crippen molar-refractivity contribution in [3.63, 3.8) is 0 Å². The van der Waals surface area contributed by atoms with Gasteiger partial charge in [0, 0.05) is 11.5 Å². The number of hydrogen-bond donors (Lipinski definition) is 0. The van der Waals surface area contributed by atoms with Gasteiger partial charge >= 0.3 is 5.69 Å². The Morgan fingerprint density at radius 2 is 2.11 bits per heavy atom. The second-order valence-corrected chi connectivity index (χ2v) is 6.26. The van der Waals surface area contributed by atoms with E-state index in [9.17, 15) is 4.79 Å². The maximum atomic E-state index is 12.2. The van der Waals surface area contributed by atoms with Gasteiger partial charge in [0.25, 0.3) is 0 Å². The lowest BCUT2D eigenvalue weighted by atomic mass is 9.82. The lowest BCUT2D eigenvalue weighted by Gasteiger charge is -2.28. The molecule has 0 spiro atoms. The molecule has 2 rings (SSSR count). The molecule has 1 unspecified atom stereocenters. The van der Waals surface area contributed by atoms with Crippen LogP contribution in [0.25, 0.3) is 5.65 Å². The van der Waals surface area contributed by atoms with E-state index in [1.165, 1.54) is 0 Å². The van der Waals surface area contributed by atoms with Crippen LogP contribution in [0.2, 0.25) is 0 Å². The van der Waals surface area contributed by atoms with Gasteiger partial charge in [0.1, 0.15) is 0 Å². The quantitative estimate of drug-likeness (QED) is 0.817. The number of hydrogen-bond acceptors (Lipinski definition) is 2. The molecule has 2 aromatic rings. The molecule has 0 saturated carbocycles. The summed E-state index contributed by atoms with van der Waals surface area (Å²) in [4.78, 5) is 12.2. The van der Waals surface area contributed by atoms with E-state index in [4.69, 9.17) is 0 Å². The summed E-state index contributed by atoms with van der Waals surface area (Å²) < 4.78 is 3.14. The van der Waals surface area contributed by atoms with E-state index in [0.29, 0.717) is 18.1 Å². The molecule has 0 fully saturated rings. The van der Waals surface area contributed by atoms with Gasteiger partial charge in [0.05, 0.1) is 6.54 Å². The fourth-order valence-corrected chi connectivity index (χ4v) is 3.03. The molecule has 4 nitrogen and oxygen atoms in total. The summed E-state index contributed by atoms with van der Waals surface area (Å²) >= 11 is 3.53. The largest absolute Gasteiger partial charge is 0.350 e. The Labute approximate surface area is 115 Å². The Bertz CT molecular complexity index is 594. The first-order valence-electron chi connectivity index (χ1n) is 6.03. The Morgan fingerprint density at radius 1 is 1.39 bits per heavy atom. The maximum Gasteiger partial charge on any atom is 0.350 e. The van der Waals surface area contributed by atoms with Gasteiger partial charge in [-0.15, -0.1) is 5.10 Å². The summed E-state index contributed by atoms with van der Waals surface area (Å²) in [6.07, 6.45) is 1.75. The predicted molar refractivity (Wildman–Crippen MR) is 76.2 cm³/mol. The zero-order valence-electron chi connectivity index (χ0n) is 10.9. The predicted octanol–water partition coefficient (Wildman–Crippen LogP) is 2.55. The number of fused-ring (bicyclic) bond motifs is 1. The smallest absolute Gasteiger partial charge is 0.250 e. The van der Waals surface area contributed by atoms with Crippen molar-refractivity contribution < 1.29 is 0 Å². The molecule has 0 aromatic carbocycles. The van der Waals surface area contributed by atoms with E-state index in [-0.39, 0.29) is 11.1 Å². The molecule has 0 aliphatic rings. The SMILES string of the molecule is CC(C)(C)C(CBr)Cn1nc2ccccn2c1=O. The van der Waals surface area contributed by atoms with Crippen molar-refractivity contribution in [1.82, 2.24) is 14.2 Å². The summed E-state index contributed by atoms with van der Waals surface area (Å²) in [5.41, 5.74) is 0.768. The summed E-state index contributed by atoms with van der Waals surface area (Å²) in [5.74, 6) is 0.361. The van der Waals surface area contributed by atoms with E-state index >= 15 is 0 Å². The molecular weight excluding hydrogens is 294 g/mol. The highest BCUT2D eigenvalue weighted by molar-refractivity contribution is 9.09. The third kappa shape index (κ3) is 2.51. The number of pyridine rings is 1. The molecule has 2 aromatic heterocycles. The standard InChI is InChI=1S/C13H18BrN3O/c1-13(2,3)10(8-14)9-17-12(18)16-7-5-4-6-11(16)15-17/h4-7,10H,8-9H2,1-3H3. The van der Waals surface area contributed by atoms with Crippen molar-refractivity contribution in [3.05, 3.63) is 34.9 Å². The van der Waals surface area contributed by atoms with Crippen molar-refractivity contribution in [2.24, 2.45) is 11.3 Å². The summed E-state index contributed by atoms with van der Waals surface area (Å²) in [6.45, 7) is 7.18. The van der Waals surface area contributed by atoms with Gasteiger partial charge in [-0.05, 0) is 23.5 Å². The molecule has 5 heteroatoms. The molecule has 0 aliphatic heterocycles. The lowest BCUT2D eigenvalue weighted by Crippen LogP contribution is -2.32. The van der Waals surface area contributed by atoms with Crippen LogP contribution in [0.15, 0.2) is 29.2 Å². The Balaban J connectivity index is 2.38. The van der Waals surface area contributed by atoms with Crippen molar-refractivity contribution in [2.45, 2.75) is 27.3 Å². The van der Waals surface area contributed by atoms with Crippen LogP contribution in [-0.4, -0.2) is 19.5 Å². The molecule has 0 bridgehead atoms. The topological polar surface area (TPSA) is 39.3 Å². The lowest BCUT2D eigenvalue weighted by molar-refractivity contribution is 0.230. The van der Waals surface area contributed by atoms with E-state index < -0.39 is 0 Å². The molecule has 0 aliphatic carbocycles. The second-order valence-electron chi connectivity index (χ2n) is 5.61. The Morgan fingerprint density at radius 3 is 2.67 bits per heavy atom. The van der Waals surface area contributed by atoms with Gasteiger partial charge in [-0.25, -0.2) is 9.48 Å². The zero-order chi connectivity index (χ0) is 13.3. The average molecular weight is 312 g/mol.